The van der Waals surface area contributed by atoms with Crippen molar-refractivity contribution >= 4 is 11.6 Å². The summed E-state index contributed by atoms with van der Waals surface area (Å²) < 4.78 is 10.2. The van der Waals surface area contributed by atoms with E-state index < -0.39 is 5.91 Å². The third kappa shape index (κ3) is 3.42. The molecule has 1 amide bonds. The van der Waals surface area contributed by atoms with Crippen LogP contribution in [-0.4, -0.2) is 29.7 Å². The van der Waals surface area contributed by atoms with Crippen molar-refractivity contribution < 1.29 is 19.4 Å². The standard InChI is InChI=1S/C15H16N2O4/c1-3-21-13-8-7-10(9-16-13)17-15(19)11-5-4-6-12(20-2)14(11)18/h4-9,18H,3H2,1-2H3,(H,17,19). The van der Waals surface area contributed by atoms with Crippen molar-refractivity contribution in [3.05, 3.63) is 42.1 Å². The van der Waals surface area contributed by atoms with E-state index in [2.05, 4.69) is 10.3 Å². The smallest absolute Gasteiger partial charge is 0.259 e. The quantitative estimate of drug-likeness (QED) is 0.883. The average molecular weight is 288 g/mol. The van der Waals surface area contributed by atoms with Crippen LogP contribution in [0.1, 0.15) is 17.3 Å². The maximum absolute atomic E-state index is 12.1. The largest absolute Gasteiger partial charge is 0.504 e. The number of carbonyl (C=O) groups is 1. The van der Waals surface area contributed by atoms with E-state index >= 15 is 0 Å². The molecule has 2 aromatic rings. The summed E-state index contributed by atoms with van der Waals surface area (Å²) in [5.41, 5.74) is 0.633. The lowest BCUT2D eigenvalue weighted by Gasteiger charge is -2.09. The maximum atomic E-state index is 12.1. The van der Waals surface area contributed by atoms with E-state index in [1.165, 1.54) is 19.4 Å². The van der Waals surface area contributed by atoms with E-state index in [0.29, 0.717) is 18.2 Å². The number of phenols is 1. The number of nitrogens with one attached hydrogen (secondary N) is 1. The van der Waals surface area contributed by atoms with Crippen molar-refractivity contribution in [2.24, 2.45) is 0 Å². The minimum Gasteiger partial charge on any atom is -0.504 e. The molecule has 2 N–H and O–H groups in total. The van der Waals surface area contributed by atoms with Gasteiger partial charge in [0.15, 0.2) is 11.5 Å². The Morgan fingerprint density at radius 2 is 2.14 bits per heavy atom. The van der Waals surface area contributed by atoms with Crippen LogP contribution >= 0.6 is 0 Å². The van der Waals surface area contributed by atoms with Gasteiger partial charge in [-0.1, -0.05) is 6.07 Å². The van der Waals surface area contributed by atoms with E-state index in [1.54, 1.807) is 24.3 Å². The lowest BCUT2D eigenvalue weighted by atomic mass is 10.1. The zero-order valence-corrected chi connectivity index (χ0v) is 11.8. The van der Waals surface area contributed by atoms with Crippen molar-refractivity contribution in [1.29, 1.82) is 0 Å². The van der Waals surface area contributed by atoms with Crippen molar-refractivity contribution in [2.45, 2.75) is 6.92 Å². The van der Waals surface area contributed by atoms with Crippen LogP contribution in [0.2, 0.25) is 0 Å². The highest BCUT2D eigenvalue weighted by molar-refractivity contribution is 6.06. The molecule has 2 rings (SSSR count). The summed E-state index contributed by atoms with van der Waals surface area (Å²) in [5.74, 6) is 0.0842. The Morgan fingerprint density at radius 3 is 2.76 bits per heavy atom. The average Bonchev–Trinajstić information content (AvgIpc) is 2.49. The molecule has 0 fully saturated rings. The van der Waals surface area contributed by atoms with Crippen molar-refractivity contribution in [1.82, 2.24) is 4.98 Å². The zero-order valence-electron chi connectivity index (χ0n) is 11.8. The number of para-hydroxylation sites is 1. The number of pyridine rings is 1. The van der Waals surface area contributed by atoms with Gasteiger partial charge < -0.3 is 19.9 Å². The summed E-state index contributed by atoms with van der Waals surface area (Å²) in [7, 11) is 1.42. The number of methoxy groups -OCH3 is 1. The first-order valence-corrected chi connectivity index (χ1v) is 6.42. The Bertz CT molecular complexity index is 626. The van der Waals surface area contributed by atoms with Crippen LogP contribution < -0.4 is 14.8 Å². The van der Waals surface area contributed by atoms with E-state index in [0.717, 1.165) is 0 Å². The molecule has 0 aliphatic carbocycles. The monoisotopic (exact) mass is 288 g/mol. The number of ether oxygens (including phenoxy) is 2. The van der Waals surface area contributed by atoms with Gasteiger partial charge >= 0.3 is 0 Å². The molecular formula is C15H16N2O4. The van der Waals surface area contributed by atoms with E-state index in [-0.39, 0.29) is 17.1 Å². The SMILES string of the molecule is CCOc1ccc(NC(=O)c2cccc(OC)c2O)cn1. The van der Waals surface area contributed by atoms with Gasteiger partial charge in [-0.2, -0.15) is 0 Å². The summed E-state index contributed by atoms with van der Waals surface area (Å²) >= 11 is 0. The number of nitrogens with zero attached hydrogens (tertiary/aromatic N) is 1. The highest BCUT2D eigenvalue weighted by Gasteiger charge is 2.15. The first kappa shape index (κ1) is 14.6. The molecule has 0 saturated carbocycles. The van der Waals surface area contributed by atoms with Crippen LogP contribution in [0.3, 0.4) is 0 Å². The molecule has 21 heavy (non-hydrogen) atoms. The van der Waals surface area contributed by atoms with Crippen molar-refractivity contribution in [3.8, 4) is 17.4 Å². The molecule has 0 radical (unpaired) electrons. The molecular weight excluding hydrogens is 272 g/mol. The molecule has 0 spiro atoms. The van der Waals surface area contributed by atoms with Gasteiger partial charge in [-0.15, -0.1) is 0 Å². The first-order chi connectivity index (χ1) is 10.2. The van der Waals surface area contributed by atoms with Crippen LogP contribution in [0.25, 0.3) is 0 Å². The molecule has 110 valence electrons. The summed E-state index contributed by atoms with van der Waals surface area (Å²) in [6.45, 7) is 2.39. The van der Waals surface area contributed by atoms with E-state index in [4.69, 9.17) is 9.47 Å². The lowest BCUT2D eigenvalue weighted by Crippen LogP contribution is -2.12. The fourth-order valence-corrected chi connectivity index (χ4v) is 1.76. The molecule has 1 aromatic heterocycles. The number of amides is 1. The summed E-state index contributed by atoms with van der Waals surface area (Å²) in [6.07, 6.45) is 1.49. The van der Waals surface area contributed by atoms with Gasteiger partial charge in [0.25, 0.3) is 5.91 Å². The first-order valence-electron chi connectivity index (χ1n) is 6.42. The number of phenolic OH excluding ortho intramolecular Hbond substituents is 1. The molecule has 0 atom stereocenters. The molecule has 0 unspecified atom stereocenters. The molecule has 0 saturated heterocycles. The lowest BCUT2D eigenvalue weighted by molar-refractivity contribution is 0.102. The van der Waals surface area contributed by atoms with Gasteiger partial charge in [0, 0.05) is 6.07 Å². The molecule has 1 heterocycles. The highest BCUT2D eigenvalue weighted by Crippen LogP contribution is 2.29. The second-order valence-electron chi connectivity index (χ2n) is 4.13. The van der Waals surface area contributed by atoms with Gasteiger partial charge in [0.1, 0.15) is 0 Å². The summed E-state index contributed by atoms with van der Waals surface area (Å²) in [4.78, 5) is 16.2. The molecule has 0 aliphatic heterocycles. The van der Waals surface area contributed by atoms with Gasteiger partial charge in [0.2, 0.25) is 5.88 Å². The number of carbonyl (C=O) groups excluding carboxylic acids is 1. The Kier molecular flexibility index (Phi) is 4.61. The highest BCUT2D eigenvalue weighted by atomic mass is 16.5. The zero-order chi connectivity index (χ0) is 15.2. The normalized spacial score (nSPS) is 10.0. The van der Waals surface area contributed by atoms with Crippen molar-refractivity contribution in [3.63, 3.8) is 0 Å². The van der Waals surface area contributed by atoms with E-state index in [9.17, 15) is 9.90 Å². The number of hydrogen-bond acceptors (Lipinski definition) is 5. The topological polar surface area (TPSA) is 80.7 Å². The van der Waals surface area contributed by atoms with E-state index in [1.807, 2.05) is 6.92 Å². The van der Waals surface area contributed by atoms with Gasteiger partial charge in [0.05, 0.1) is 31.2 Å². The van der Waals surface area contributed by atoms with Crippen LogP contribution in [0.15, 0.2) is 36.5 Å². The minimum atomic E-state index is -0.447. The molecule has 0 bridgehead atoms. The molecule has 6 heteroatoms. The predicted molar refractivity (Wildman–Crippen MR) is 78.0 cm³/mol. The predicted octanol–water partition coefficient (Wildman–Crippen LogP) is 2.45. The Balaban J connectivity index is 2.14. The number of rotatable bonds is 5. The minimum absolute atomic E-state index is 0.128. The second kappa shape index (κ2) is 6.60. The van der Waals surface area contributed by atoms with Crippen LogP contribution in [0, 0.1) is 0 Å². The molecule has 0 aliphatic rings. The Hall–Kier alpha value is -2.76. The summed E-state index contributed by atoms with van der Waals surface area (Å²) in [5, 5.41) is 12.6. The number of aromatic nitrogens is 1. The maximum Gasteiger partial charge on any atom is 0.259 e. The Morgan fingerprint density at radius 1 is 1.33 bits per heavy atom. The van der Waals surface area contributed by atoms with Crippen molar-refractivity contribution in [2.75, 3.05) is 19.0 Å². The van der Waals surface area contributed by atoms with Gasteiger partial charge in [-0.05, 0) is 25.1 Å². The summed E-state index contributed by atoms with van der Waals surface area (Å²) in [6, 6.07) is 8.04. The van der Waals surface area contributed by atoms with Crippen LogP contribution in [0.5, 0.6) is 17.4 Å². The van der Waals surface area contributed by atoms with Gasteiger partial charge in [-0.25, -0.2) is 4.98 Å². The van der Waals surface area contributed by atoms with Crippen LogP contribution in [-0.2, 0) is 0 Å². The third-order valence-corrected chi connectivity index (χ3v) is 2.75. The third-order valence-electron chi connectivity index (χ3n) is 2.75. The molecule has 1 aromatic carbocycles. The van der Waals surface area contributed by atoms with Crippen LogP contribution in [0.4, 0.5) is 5.69 Å². The molecule has 6 nitrogen and oxygen atoms in total. The second-order valence-corrected chi connectivity index (χ2v) is 4.13. The number of anilines is 1. The fraction of sp³-hybridized carbons (Fsp3) is 0.200. The number of aromatic hydroxyl groups is 1. The number of hydrogen-bond donors (Lipinski definition) is 2. The Labute approximate surface area is 122 Å². The van der Waals surface area contributed by atoms with Gasteiger partial charge in [-0.3, -0.25) is 4.79 Å². The number of benzene rings is 1. The fourth-order valence-electron chi connectivity index (χ4n) is 1.76.